The minimum Gasteiger partial charge on any atom is -0.460 e. The predicted molar refractivity (Wildman–Crippen MR) is 95.1 cm³/mol. The number of hydrogen-bond acceptors (Lipinski definition) is 3. The summed E-state index contributed by atoms with van der Waals surface area (Å²) in [6.07, 6.45) is 7.65. The van der Waals surface area contributed by atoms with Crippen LogP contribution in [0.15, 0.2) is 18.2 Å². The van der Waals surface area contributed by atoms with E-state index in [9.17, 15) is 4.79 Å². The molecular formula is C20H32O3. The van der Waals surface area contributed by atoms with Crippen LogP contribution < -0.4 is 0 Å². The molecule has 0 bridgehead atoms. The van der Waals surface area contributed by atoms with Gasteiger partial charge < -0.3 is 9.47 Å². The monoisotopic (exact) mass is 320 g/mol. The van der Waals surface area contributed by atoms with Gasteiger partial charge in [-0.05, 0) is 55.4 Å². The fraction of sp³-hybridized carbons (Fsp3) is 0.650. The first-order valence-electron chi connectivity index (χ1n) is 9.08. The van der Waals surface area contributed by atoms with Crippen LogP contribution in [0.5, 0.6) is 0 Å². The highest BCUT2D eigenvalue weighted by molar-refractivity contribution is 5.89. The lowest BCUT2D eigenvalue weighted by molar-refractivity contribution is 0.0318. The summed E-state index contributed by atoms with van der Waals surface area (Å²) in [6.45, 7) is 7.94. The summed E-state index contributed by atoms with van der Waals surface area (Å²) in [5.74, 6) is -0.235. The number of benzene rings is 1. The van der Waals surface area contributed by atoms with E-state index in [-0.39, 0.29) is 5.97 Å². The number of aryl methyl sites for hydroxylation is 2. The lowest BCUT2D eigenvalue weighted by atomic mass is 9.99. The molecule has 0 atom stereocenters. The summed E-state index contributed by atoms with van der Waals surface area (Å²) >= 11 is 0. The van der Waals surface area contributed by atoms with Crippen molar-refractivity contribution in [2.24, 2.45) is 0 Å². The first kappa shape index (κ1) is 19.7. The summed E-state index contributed by atoms with van der Waals surface area (Å²) in [4.78, 5) is 12.3. The predicted octanol–water partition coefficient (Wildman–Crippen LogP) is 4.96. The molecule has 0 radical (unpaired) electrons. The van der Waals surface area contributed by atoms with Gasteiger partial charge in [-0.15, -0.1) is 0 Å². The lowest BCUT2D eigenvalue weighted by Gasteiger charge is -2.10. The Kier molecular flexibility index (Phi) is 10.4. The minimum atomic E-state index is -0.235. The molecule has 0 heterocycles. The van der Waals surface area contributed by atoms with Gasteiger partial charge in [0.15, 0.2) is 0 Å². The molecule has 0 saturated carbocycles. The molecule has 3 heteroatoms. The molecule has 1 aromatic carbocycles. The number of esters is 1. The summed E-state index contributed by atoms with van der Waals surface area (Å²) in [6, 6.07) is 6.22. The van der Waals surface area contributed by atoms with Crippen LogP contribution in [0.1, 0.15) is 74.4 Å². The molecule has 0 amide bonds. The third-order valence-electron chi connectivity index (χ3n) is 3.74. The first-order valence-corrected chi connectivity index (χ1v) is 9.08. The van der Waals surface area contributed by atoms with E-state index in [4.69, 9.17) is 9.47 Å². The maximum absolute atomic E-state index is 12.3. The summed E-state index contributed by atoms with van der Waals surface area (Å²) in [5, 5.41) is 0. The van der Waals surface area contributed by atoms with Crippen molar-refractivity contribution in [3.63, 3.8) is 0 Å². The van der Waals surface area contributed by atoms with Gasteiger partial charge in [-0.1, -0.05) is 39.7 Å². The SMILES string of the molecule is CCCCc1cc(CCCC)cc(C(=O)OCCOCCC)c1. The van der Waals surface area contributed by atoms with Crippen LogP contribution in [0.2, 0.25) is 0 Å². The van der Waals surface area contributed by atoms with Gasteiger partial charge in [0.25, 0.3) is 0 Å². The Labute approximate surface area is 141 Å². The topological polar surface area (TPSA) is 35.5 Å². The maximum Gasteiger partial charge on any atom is 0.338 e. The molecule has 0 aliphatic rings. The van der Waals surface area contributed by atoms with E-state index in [0.717, 1.165) is 44.9 Å². The van der Waals surface area contributed by atoms with E-state index in [0.29, 0.717) is 25.4 Å². The van der Waals surface area contributed by atoms with Crippen molar-refractivity contribution < 1.29 is 14.3 Å². The quantitative estimate of drug-likeness (QED) is 0.403. The molecule has 0 saturated heterocycles. The highest BCUT2D eigenvalue weighted by Gasteiger charge is 2.10. The number of hydrogen-bond donors (Lipinski definition) is 0. The summed E-state index contributed by atoms with van der Waals surface area (Å²) in [5.41, 5.74) is 3.17. The molecule has 1 aromatic rings. The molecular weight excluding hydrogens is 288 g/mol. The normalized spacial score (nSPS) is 10.7. The molecule has 0 fully saturated rings. The maximum atomic E-state index is 12.3. The summed E-state index contributed by atoms with van der Waals surface area (Å²) < 4.78 is 10.7. The molecule has 0 N–H and O–H groups in total. The molecule has 130 valence electrons. The van der Waals surface area contributed by atoms with E-state index in [1.54, 1.807) is 0 Å². The Morgan fingerprint density at radius 2 is 1.43 bits per heavy atom. The zero-order chi connectivity index (χ0) is 16.9. The van der Waals surface area contributed by atoms with Gasteiger partial charge >= 0.3 is 5.97 Å². The standard InChI is InChI=1S/C20H32O3/c1-4-7-9-17-14-18(10-8-5-2)16-19(15-17)20(21)23-13-12-22-11-6-3/h14-16H,4-13H2,1-3H3. The molecule has 0 aliphatic carbocycles. The van der Waals surface area contributed by atoms with Crippen molar-refractivity contribution in [1.29, 1.82) is 0 Å². The van der Waals surface area contributed by atoms with Crippen LogP contribution in [0.25, 0.3) is 0 Å². The van der Waals surface area contributed by atoms with Crippen molar-refractivity contribution in [3.05, 3.63) is 34.9 Å². The molecule has 0 aromatic heterocycles. The first-order chi connectivity index (χ1) is 11.2. The second-order valence-corrected chi connectivity index (χ2v) is 5.99. The van der Waals surface area contributed by atoms with Crippen molar-refractivity contribution in [3.8, 4) is 0 Å². The number of carbonyl (C=O) groups is 1. The van der Waals surface area contributed by atoms with Crippen molar-refractivity contribution >= 4 is 5.97 Å². The van der Waals surface area contributed by atoms with Gasteiger partial charge in [0, 0.05) is 6.61 Å². The van der Waals surface area contributed by atoms with E-state index in [2.05, 4.69) is 26.8 Å². The highest BCUT2D eigenvalue weighted by Crippen LogP contribution is 2.16. The fourth-order valence-electron chi connectivity index (χ4n) is 2.45. The lowest BCUT2D eigenvalue weighted by Crippen LogP contribution is -2.12. The highest BCUT2D eigenvalue weighted by atomic mass is 16.6. The second kappa shape index (κ2) is 12.1. The van der Waals surface area contributed by atoms with Gasteiger partial charge in [0.2, 0.25) is 0 Å². The van der Waals surface area contributed by atoms with Crippen LogP contribution >= 0.6 is 0 Å². The van der Waals surface area contributed by atoms with E-state index < -0.39 is 0 Å². The Balaban J connectivity index is 2.67. The molecule has 3 nitrogen and oxygen atoms in total. The van der Waals surface area contributed by atoms with E-state index in [1.807, 2.05) is 12.1 Å². The Bertz CT molecular complexity index is 428. The third-order valence-corrected chi connectivity index (χ3v) is 3.74. The molecule has 0 unspecified atom stereocenters. The number of rotatable bonds is 12. The van der Waals surface area contributed by atoms with Gasteiger partial charge in [-0.25, -0.2) is 4.79 Å². The van der Waals surface area contributed by atoms with Gasteiger partial charge in [0.05, 0.1) is 12.2 Å². The van der Waals surface area contributed by atoms with E-state index >= 15 is 0 Å². The van der Waals surface area contributed by atoms with Crippen LogP contribution in [-0.2, 0) is 22.3 Å². The van der Waals surface area contributed by atoms with Crippen molar-refractivity contribution in [2.75, 3.05) is 19.8 Å². The van der Waals surface area contributed by atoms with E-state index in [1.165, 1.54) is 11.1 Å². The van der Waals surface area contributed by atoms with Crippen LogP contribution in [0, 0.1) is 0 Å². The Morgan fingerprint density at radius 3 is 1.96 bits per heavy atom. The van der Waals surface area contributed by atoms with Gasteiger partial charge in [-0.3, -0.25) is 0 Å². The molecule has 0 spiro atoms. The van der Waals surface area contributed by atoms with Crippen molar-refractivity contribution in [1.82, 2.24) is 0 Å². The zero-order valence-electron chi connectivity index (χ0n) is 15.0. The number of ether oxygens (including phenoxy) is 2. The Morgan fingerprint density at radius 1 is 0.826 bits per heavy atom. The van der Waals surface area contributed by atoms with Gasteiger partial charge in [0.1, 0.15) is 6.61 Å². The zero-order valence-corrected chi connectivity index (χ0v) is 15.0. The van der Waals surface area contributed by atoms with Crippen molar-refractivity contribution in [2.45, 2.75) is 65.7 Å². The van der Waals surface area contributed by atoms with Crippen LogP contribution in [-0.4, -0.2) is 25.8 Å². The average molecular weight is 320 g/mol. The Hall–Kier alpha value is -1.35. The van der Waals surface area contributed by atoms with Crippen LogP contribution in [0.4, 0.5) is 0 Å². The van der Waals surface area contributed by atoms with Crippen LogP contribution in [0.3, 0.4) is 0 Å². The second-order valence-electron chi connectivity index (χ2n) is 5.99. The molecule has 23 heavy (non-hydrogen) atoms. The van der Waals surface area contributed by atoms with Gasteiger partial charge in [-0.2, -0.15) is 0 Å². The fourth-order valence-corrected chi connectivity index (χ4v) is 2.45. The minimum absolute atomic E-state index is 0.235. The number of carbonyl (C=O) groups excluding carboxylic acids is 1. The third kappa shape index (κ3) is 8.17. The molecule has 0 aliphatic heterocycles. The molecule has 1 rings (SSSR count). The number of unbranched alkanes of at least 4 members (excludes halogenated alkanes) is 2. The largest absolute Gasteiger partial charge is 0.460 e. The smallest absolute Gasteiger partial charge is 0.338 e. The average Bonchev–Trinajstić information content (AvgIpc) is 2.57. The summed E-state index contributed by atoms with van der Waals surface area (Å²) in [7, 11) is 0.